The number of aryl methyl sites for hydroxylation is 1. The van der Waals surface area contributed by atoms with Crippen molar-refractivity contribution in [3.05, 3.63) is 29.8 Å². The van der Waals surface area contributed by atoms with Gasteiger partial charge in [0, 0.05) is 5.69 Å². The summed E-state index contributed by atoms with van der Waals surface area (Å²) in [5.74, 6) is 0.911. The van der Waals surface area contributed by atoms with E-state index in [4.69, 9.17) is 10.5 Å². The zero-order chi connectivity index (χ0) is 14.4. The molecule has 0 spiro atoms. The molecule has 0 heterocycles. The van der Waals surface area contributed by atoms with Crippen LogP contribution in [0.4, 0.5) is 10.5 Å². The van der Waals surface area contributed by atoms with Crippen LogP contribution in [0, 0.1) is 18.8 Å². The van der Waals surface area contributed by atoms with Gasteiger partial charge in [-0.1, -0.05) is 30.5 Å². The van der Waals surface area contributed by atoms with Crippen LogP contribution >= 0.6 is 0 Å². The zero-order valence-corrected chi connectivity index (χ0v) is 12.1. The Morgan fingerprint density at radius 1 is 1.25 bits per heavy atom. The van der Waals surface area contributed by atoms with Gasteiger partial charge in [0.2, 0.25) is 0 Å². The highest BCUT2D eigenvalue weighted by Gasteiger charge is 2.25. The van der Waals surface area contributed by atoms with Gasteiger partial charge in [-0.3, -0.25) is 5.32 Å². The maximum absolute atomic E-state index is 11.8. The smallest absolute Gasteiger partial charge is 0.411 e. The standard InChI is InChI=1S/C16H24N2O2/c1-12-6-8-15(9-7-12)18-16(19)20-11-14-5-3-2-4-13(14)10-17/h6-9,13-14H,2-5,10-11,17H2,1H3,(H,18,19). The highest BCUT2D eigenvalue weighted by atomic mass is 16.5. The van der Waals surface area contributed by atoms with Crippen molar-refractivity contribution in [1.29, 1.82) is 0 Å². The lowest BCUT2D eigenvalue weighted by molar-refractivity contribution is 0.104. The van der Waals surface area contributed by atoms with E-state index in [0.717, 1.165) is 24.1 Å². The number of amides is 1. The molecule has 2 unspecified atom stereocenters. The summed E-state index contributed by atoms with van der Waals surface area (Å²) in [6.07, 6.45) is 4.34. The van der Waals surface area contributed by atoms with Crippen LogP contribution < -0.4 is 11.1 Å². The lowest BCUT2D eigenvalue weighted by Crippen LogP contribution is -2.31. The van der Waals surface area contributed by atoms with E-state index in [0.29, 0.717) is 25.0 Å². The van der Waals surface area contributed by atoms with Crippen LogP contribution in [-0.4, -0.2) is 19.2 Å². The predicted molar refractivity (Wildman–Crippen MR) is 80.7 cm³/mol. The first-order valence-electron chi connectivity index (χ1n) is 7.39. The number of carbonyl (C=O) groups excluding carboxylic acids is 1. The first kappa shape index (κ1) is 14.9. The van der Waals surface area contributed by atoms with E-state index in [1.54, 1.807) is 0 Å². The number of anilines is 1. The number of hydrogen-bond acceptors (Lipinski definition) is 3. The molecule has 4 heteroatoms. The number of nitrogens with two attached hydrogens (primary N) is 1. The Morgan fingerprint density at radius 2 is 1.90 bits per heavy atom. The van der Waals surface area contributed by atoms with Crippen LogP contribution in [0.3, 0.4) is 0 Å². The van der Waals surface area contributed by atoms with Gasteiger partial charge in [0.15, 0.2) is 0 Å². The fourth-order valence-corrected chi connectivity index (χ4v) is 2.79. The van der Waals surface area contributed by atoms with Gasteiger partial charge in [-0.05, 0) is 50.3 Å². The van der Waals surface area contributed by atoms with Gasteiger partial charge >= 0.3 is 6.09 Å². The van der Waals surface area contributed by atoms with Gasteiger partial charge in [0.1, 0.15) is 0 Å². The van der Waals surface area contributed by atoms with E-state index in [1.165, 1.54) is 12.8 Å². The highest BCUT2D eigenvalue weighted by molar-refractivity contribution is 5.84. The molecule has 2 atom stereocenters. The average molecular weight is 276 g/mol. The van der Waals surface area contributed by atoms with Gasteiger partial charge in [0.25, 0.3) is 0 Å². The lowest BCUT2D eigenvalue weighted by Gasteiger charge is -2.30. The normalized spacial score (nSPS) is 22.3. The van der Waals surface area contributed by atoms with Crippen LogP contribution in [0.5, 0.6) is 0 Å². The second kappa shape index (κ2) is 7.29. The number of rotatable bonds is 4. The Labute approximate surface area is 120 Å². The second-order valence-electron chi connectivity index (χ2n) is 5.63. The van der Waals surface area contributed by atoms with Crippen molar-refractivity contribution in [3.63, 3.8) is 0 Å². The number of hydrogen-bond donors (Lipinski definition) is 2. The molecule has 3 N–H and O–H groups in total. The summed E-state index contributed by atoms with van der Waals surface area (Å²) in [6.45, 7) is 3.17. The summed E-state index contributed by atoms with van der Waals surface area (Å²) in [4.78, 5) is 11.8. The molecule has 0 bridgehead atoms. The van der Waals surface area contributed by atoms with E-state index in [9.17, 15) is 4.79 Å². The van der Waals surface area contributed by atoms with Gasteiger partial charge < -0.3 is 10.5 Å². The van der Waals surface area contributed by atoms with Crippen molar-refractivity contribution < 1.29 is 9.53 Å². The highest BCUT2D eigenvalue weighted by Crippen LogP contribution is 2.29. The van der Waals surface area contributed by atoms with Crippen molar-refractivity contribution in [2.45, 2.75) is 32.6 Å². The molecule has 1 amide bonds. The molecule has 1 aliphatic carbocycles. The molecule has 0 radical (unpaired) electrons. The first-order valence-corrected chi connectivity index (χ1v) is 7.39. The molecule has 1 aromatic rings. The molecule has 2 rings (SSSR count). The summed E-state index contributed by atoms with van der Waals surface area (Å²) in [7, 11) is 0. The molecule has 110 valence electrons. The minimum atomic E-state index is -0.379. The SMILES string of the molecule is Cc1ccc(NC(=O)OCC2CCCCC2CN)cc1. The number of nitrogens with one attached hydrogen (secondary N) is 1. The van der Waals surface area contributed by atoms with E-state index in [2.05, 4.69) is 5.32 Å². The Hall–Kier alpha value is -1.55. The van der Waals surface area contributed by atoms with Crippen LogP contribution in [0.2, 0.25) is 0 Å². The van der Waals surface area contributed by atoms with Gasteiger partial charge in [0.05, 0.1) is 6.61 Å². The fourth-order valence-electron chi connectivity index (χ4n) is 2.79. The molecule has 1 aliphatic rings. The van der Waals surface area contributed by atoms with E-state index < -0.39 is 0 Å². The Morgan fingerprint density at radius 3 is 2.55 bits per heavy atom. The van der Waals surface area contributed by atoms with Crippen molar-refractivity contribution >= 4 is 11.8 Å². The molecule has 1 fully saturated rings. The largest absolute Gasteiger partial charge is 0.449 e. The van der Waals surface area contributed by atoms with E-state index >= 15 is 0 Å². The maximum atomic E-state index is 11.8. The van der Waals surface area contributed by atoms with Crippen LogP contribution in [0.15, 0.2) is 24.3 Å². The molecule has 1 saturated carbocycles. The summed E-state index contributed by atoms with van der Waals surface area (Å²) in [5, 5.41) is 2.75. The predicted octanol–water partition coefficient (Wildman–Crippen LogP) is 3.31. The van der Waals surface area contributed by atoms with Crippen molar-refractivity contribution in [2.24, 2.45) is 17.6 Å². The Kier molecular flexibility index (Phi) is 5.41. The quantitative estimate of drug-likeness (QED) is 0.886. The molecule has 4 nitrogen and oxygen atoms in total. The Balaban J connectivity index is 1.78. The minimum absolute atomic E-state index is 0.379. The van der Waals surface area contributed by atoms with Crippen LogP contribution in [0.25, 0.3) is 0 Å². The number of carbonyl (C=O) groups is 1. The van der Waals surface area contributed by atoms with Gasteiger partial charge in [-0.2, -0.15) is 0 Å². The third kappa shape index (κ3) is 4.23. The summed E-state index contributed by atoms with van der Waals surface area (Å²) in [6, 6.07) is 7.67. The Bertz CT molecular complexity index is 431. The van der Waals surface area contributed by atoms with Crippen molar-refractivity contribution in [1.82, 2.24) is 0 Å². The number of benzene rings is 1. The topological polar surface area (TPSA) is 64.3 Å². The lowest BCUT2D eigenvalue weighted by atomic mass is 9.80. The van der Waals surface area contributed by atoms with E-state index in [1.807, 2.05) is 31.2 Å². The third-order valence-corrected chi connectivity index (χ3v) is 4.10. The molecule has 20 heavy (non-hydrogen) atoms. The average Bonchev–Trinajstić information content (AvgIpc) is 2.48. The first-order chi connectivity index (χ1) is 9.69. The molecular formula is C16H24N2O2. The molecule has 0 aromatic heterocycles. The zero-order valence-electron chi connectivity index (χ0n) is 12.1. The minimum Gasteiger partial charge on any atom is -0.449 e. The van der Waals surface area contributed by atoms with E-state index in [-0.39, 0.29) is 6.09 Å². The third-order valence-electron chi connectivity index (χ3n) is 4.10. The molecule has 0 saturated heterocycles. The monoisotopic (exact) mass is 276 g/mol. The van der Waals surface area contributed by atoms with Crippen molar-refractivity contribution in [3.8, 4) is 0 Å². The molecular weight excluding hydrogens is 252 g/mol. The summed E-state index contributed by atoms with van der Waals surface area (Å²) < 4.78 is 5.34. The van der Waals surface area contributed by atoms with Gasteiger partial charge in [-0.15, -0.1) is 0 Å². The van der Waals surface area contributed by atoms with Crippen molar-refractivity contribution in [2.75, 3.05) is 18.5 Å². The maximum Gasteiger partial charge on any atom is 0.411 e. The summed E-state index contributed by atoms with van der Waals surface area (Å²) >= 11 is 0. The fraction of sp³-hybridized carbons (Fsp3) is 0.562. The van der Waals surface area contributed by atoms with Gasteiger partial charge in [-0.25, -0.2) is 4.79 Å². The molecule has 0 aliphatic heterocycles. The van der Waals surface area contributed by atoms with Crippen LogP contribution in [0.1, 0.15) is 31.2 Å². The summed E-state index contributed by atoms with van der Waals surface area (Å²) in [5.41, 5.74) is 7.71. The molecule has 1 aromatic carbocycles. The van der Waals surface area contributed by atoms with Crippen LogP contribution in [-0.2, 0) is 4.74 Å². The second-order valence-corrected chi connectivity index (χ2v) is 5.63. The number of ether oxygens (including phenoxy) is 1.